The van der Waals surface area contributed by atoms with Gasteiger partial charge in [0, 0.05) is 45.1 Å². The van der Waals surface area contributed by atoms with Gasteiger partial charge < -0.3 is 14.5 Å². The zero-order chi connectivity index (χ0) is 19.2. The quantitative estimate of drug-likeness (QED) is 0.654. The fraction of sp³-hybridized carbons (Fsp3) is 0.810. The zero-order valence-electron chi connectivity index (χ0n) is 17.3. The Morgan fingerprint density at radius 1 is 1.30 bits per heavy atom. The van der Waals surface area contributed by atoms with Crippen LogP contribution in [0.15, 0.2) is 12.4 Å². The smallest absolute Gasteiger partial charge is 0.257 e. The molecular weight excluding hydrogens is 340 g/mol. The van der Waals surface area contributed by atoms with E-state index in [4.69, 9.17) is 4.74 Å². The number of amides is 1. The molecule has 0 spiro atoms. The molecule has 2 saturated heterocycles. The molecule has 0 N–H and O–H groups in total. The van der Waals surface area contributed by atoms with E-state index < -0.39 is 0 Å². The molecule has 2 fully saturated rings. The van der Waals surface area contributed by atoms with E-state index in [2.05, 4.69) is 28.7 Å². The summed E-state index contributed by atoms with van der Waals surface area (Å²) in [6.07, 6.45) is 10.9. The maximum absolute atomic E-state index is 13.2. The molecule has 2 atom stereocenters. The fourth-order valence-corrected chi connectivity index (χ4v) is 4.66. The van der Waals surface area contributed by atoms with Gasteiger partial charge in [-0.25, -0.2) is 0 Å². The topological polar surface area (TPSA) is 50.6 Å². The van der Waals surface area contributed by atoms with Crippen molar-refractivity contribution in [2.45, 2.75) is 64.5 Å². The van der Waals surface area contributed by atoms with Crippen LogP contribution in [0.3, 0.4) is 0 Å². The van der Waals surface area contributed by atoms with Crippen LogP contribution in [0, 0.1) is 5.92 Å². The van der Waals surface area contributed by atoms with Crippen molar-refractivity contribution in [2.24, 2.45) is 5.92 Å². The minimum atomic E-state index is 0.117. The van der Waals surface area contributed by atoms with Crippen molar-refractivity contribution in [3.05, 3.63) is 18.0 Å². The summed E-state index contributed by atoms with van der Waals surface area (Å²) >= 11 is 0. The molecular formula is C21H36N4O2. The molecule has 0 bridgehead atoms. The van der Waals surface area contributed by atoms with Crippen LogP contribution in [-0.2, 0) is 4.74 Å². The molecule has 27 heavy (non-hydrogen) atoms. The van der Waals surface area contributed by atoms with E-state index in [1.165, 1.54) is 45.2 Å². The molecule has 0 saturated carbocycles. The Labute approximate surface area is 163 Å². The number of piperidine rings is 2. The standard InChI is InChI=1S/C21H36N4O2/c1-17(2)25-16-19(14-22-25)21(26)24(12-7-13-27-3)15-18-8-6-11-23-10-5-4-9-20(18)23/h14,16-18,20H,4-13,15H2,1-3H3/t18-,20-/m1/s1. The van der Waals surface area contributed by atoms with E-state index in [0.717, 1.165) is 19.5 Å². The molecule has 2 aliphatic heterocycles. The second-order valence-electron chi connectivity index (χ2n) is 8.40. The van der Waals surface area contributed by atoms with Gasteiger partial charge in [-0.15, -0.1) is 0 Å². The average Bonchev–Trinajstić information content (AvgIpc) is 3.17. The van der Waals surface area contributed by atoms with E-state index in [-0.39, 0.29) is 11.9 Å². The van der Waals surface area contributed by atoms with Gasteiger partial charge in [-0.2, -0.15) is 5.10 Å². The second-order valence-corrected chi connectivity index (χ2v) is 8.40. The van der Waals surface area contributed by atoms with Gasteiger partial charge in [-0.1, -0.05) is 6.42 Å². The van der Waals surface area contributed by atoms with Crippen molar-refractivity contribution in [2.75, 3.05) is 39.9 Å². The number of methoxy groups -OCH3 is 1. The number of aromatic nitrogens is 2. The molecule has 0 aromatic carbocycles. The lowest BCUT2D eigenvalue weighted by Crippen LogP contribution is -2.51. The predicted octanol–water partition coefficient (Wildman–Crippen LogP) is 3.21. The third-order valence-electron chi connectivity index (χ3n) is 6.12. The van der Waals surface area contributed by atoms with Gasteiger partial charge in [0.05, 0.1) is 11.8 Å². The molecule has 1 amide bonds. The first-order valence-electron chi connectivity index (χ1n) is 10.7. The number of ether oxygens (including phenoxy) is 1. The highest BCUT2D eigenvalue weighted by Gasteiger charge is 2.34. The molecule has 3 heterocycles. The van der Waals surface area contributed by atoms with Crippen LogP contribution in [0.5, 0.6) is 0 Å². The highest BCUT2D eigenvalue weighted by atomic mass is 16.5. The summed E-state index contributed by atoms with van der Waals surface area (Å²) in [5, 5.41) is 4.36. The first-order chi connectivity index (χ1) is 13.1. The highest BCUT2D eigenvalue weighted by molar-refractivity contribution is 5.93. The fourth-order valence-electron chi connectivity index (χ4n) is 4.66. The summed E-state index contributed by atoms with van der Waals surface area (Å²) in [5.74, 6) is 0.705. The van der Waals surface area contributed by atoms with E-state index >= 15 is 0 Å². The summed E-state index contributed by atoms with van der Waals surface area (Å²) in [4.78, 5) is 18.0. The zero-order valence-corrected chi connectivity index (χ0v) is 17.3. The number of carbonyl (C=O) groups excluding carboxylic acids is 1. The van der Waals surface area contributed by atoms with Gasteiger partial charge >= 0.3 is 0 Å². The average molecular weight is 377 g/mol. The van der Waals surface area contributed by atoms with Gasteiger partial charge in [0.15, 0.2) is 0 Å². The summed E-state index contributed by atoms with van der Waals surface area (Å²) in [7, 11) is 1.72. The lowest BCUT2D eigenvalue weighted by atomic mass is 9.83. The summed E-state index contributed by atoms with van der Waals surface area (Å²) < 4.78 is 7.09. The molecule has 1 aromatic heterocycles. The number of carbonyl (C=O) groups is 1. The largest absolute Gasteiger partial charge is 0.385 e. The molecule has 0 radical (unpaired) electrons. The predicted molar refractivity (Wildman–Crippen MR) is 107 cm³/mol. The first-order valence-corrected chi connectivity index (χ1v) is 10.7. The Bertz CT molecular complexity index is 599. The van der Waals surface area contributed by atoms with E-state index in [0.29, 0.717) is 24.1 Å². The van der Waals surface area contributed by atoms with Crippen molar-refractivity contribution < 1.29 is 9.53 Å². The summed E-state index contributed by atoms with van der Waals surface area (Å²) in [5.41, 5.74) is 0.706. The Kier molecular flexibility index (Phi) is 7.30. The first kappa shape index (κ1) is 20.3. The van der Waals surface area contributed by atoms with Crippen LogP contribution in [0.2, 0.25) is 0 Å². The van der Waals surface area contributed by atoms with Gasteiger partial charge in [0.1, 0.15) is 0 Å². The maximum atomic E-state index is 13.2. The van der Waals surface area contributed by atoms with Crippen LogP contribution >= 0.6 is 0 Å². The molecule has 6 nitrogen and oxygen atoms in total. The molecule has 2 aliphatic rings. The second kappa shape index (κ2) is 9.69. The number of hydrogen-bond acceptors (Lipinski definition) is 4. The van der Waals surface area contributed by atoms with Crippen LogP contribution in [0.1, 0.15) is 68.8 Å². The molecule has 6 heteroatoms. The lowest BCUT2D eigenvalue weighted by molar-refractivity contribution is 0.0347. The van der Waals surface area contributed by atoms with Gasteiger partial charge in [0.2, 0.25) is 0 Å². The summed E-state index contributed by atoms with van der Waals surface area (Å²) in [6.45, 7) is 8.93. The number of rotatable bonds is 8. The van der Waals surface area contributed by atoms with Crippen molar-refractivity contribution in [1.82, 2.24) is 19.6 Å². The molecule has 3 rings (SSSR count). The third kappa shape index (κ3) is 5.11. The van der Waals surface area contributed by atoms with E-state index in [9.17, 15) is 4.79 Å². The highest BCUT2D eigenvalue weighted by Crippen LogP contribution is 2.31. The van der Waals surface area contributed by atoms with Gasteiger partial charge in [-0.05, 0) is 65.0 Å². The van der Waals surface area contributed by atoms with Gasteiger partial charge in [0.25, 0.3) is 5.91 Å². The van der Waals surface area contributed by atoms with Crippen LogP contribution in [0.4, 0.5) is 0 Å². The summed E-state index contributed by atoms with van der Waals surface area (Å²) in [6, 6.07) is 0.922. The normalized spacial score (nSPS) is 23.4. The van der Waals surface area contributed by atoms with Crippen molar-refractivity contribution in [3.8, 4) is 0 Å². The van der Waals surface area contributed by atoms with Crippen molar-refractivity contribution in [1.29, 1.82) is 0 Å². The monoisotopic (exact) mass is 376 g/mol. The Balaban J connectivity index is 1.70. The third-order valence-corrected chi connectivity index (χ3v) is 6.12. The minimum absolute atomic E-state index is 0.117. The van der Waals surface area contributed by atoms with Crippen molar-refractivity contribution >= 4 is 5.91 Å². The Morgan fingerprint density at radius 2 is 2.11 bits per heavy atom. The van der Waals surface area contributed by atoms with Gasteiger partial charge in [-0.3, -0.25) is 9.48 Å². The molecule has 0 aliphatic carbocycles. The molecule has 152 valence electrons. The number of hydrogen-bond donors (Lipinski definition) is 0. The van der Waals surface area contributed by atoms with Crippen LogP contribution in [-0.4, -0.2) is 71.4 Å². The lowest BCUT2D eigenvalue weighted by Gasteiger charge is -2.45. The molecule has 1 aromatic rings. The Morgan fingerprint density at radius 3 is 2.85 bits per heavy atom. The van der Waals surface area contributed by atoms with Crippen LogP contribution in [0.25, 0.3) is 0 Å². The van der Waals surface area contributed by atoms with Crippen molar-refractivity contribution in [3.63, 3.8) is 0 Å². The van der Waals surface area contributed by atoms with Crippen LogP contribution < -0.4 is 0 Å². The maximum Gasteiger partial charge on any atom is 0.257 e. The number of fused-ring (bicyclic) bond motifs is 1. The van der Waals surface area contributed by atoms with E-state index in [1.54, 1.807) is 13.3 Å². The minimum Gasteiger partial charge on any atom is -0.385 e. The number of nitrogens with zero attached hydrogens (tertiary/aromatic N) is 4. The SMILES string of the molecule is COCCCN(C[C@H]1CCCN2CCCC[C@H]12)C(=O)c1cnn(C(C)C)c1. The van der Waals surface area contributed by atoms with E-state index in [1.807, 2.05) is 10.9 Å². The Hall–Kier alpha value is -1.40. The molecule has 0 unspecified atom stereocenters.